The van der Waals surface area contributed by atoms with E-state index in [0.29, 0.717) is 17.0 Å². The zero-order chi connectivity index (χ0) is 16.8. The van der Waals surface area contributed by atoms with Crippen molar-refractivity contribution in [2.75, 3.05) is 11.9 Å². The van der Waals surface area contributed by atoms with E-state index in [1.165, 1.54) is 6.20 Å². The van der Waals surface area contributed by atoms with Crippen LogP contribution in [0.25, 0.3) is 0 Å². The summed E-state index contributed by atoms with van der Waals surface area (Å²) in [6, 6.07) is 4.98. The quantitative estimate of drug-likeness (QED) is 0.817. The maximum Gasteiger partial charge on any atom is 0.341 e. The number of aliphatic carboxylic acids is 1. The summed E-state index contributed by atoms with van der Waals surface area (Å²) in [5.74, 6) is -0.836. The molecular formula is C16H19N3O4. The fraction of sp³-hybridized carbons (Fsp3) is 0.312. The van der Waals surface area contributed by atoms with E-state index in [1.54, 1.807) is 29.1 Å². The Morgan fingerprint density at radius 3 is 2.83 bits per heavy atom. The van der Waals surface area contributed by atoms with Gasteiger partial charge in [-0.1, -0.05) is 6.92 Å². The SMILES string of the molecule is CCCn1cc(C(=O)Nc2ccc(OCC(=O)O)cc2C)cn1. The highest BCUT2D eigenvalue weighted by Gasteiger charge is 2.11. The Morgan fingerprint density at radius 1 is 1.39 bits per heavy atom. The lowest BCUT2D eigenvalue weighted by Gasteiger charge is -2.10. The number of anilines is 1. The molecule has 0 spiro atoms. The van der Waals surface area contributed by atoms with E-state index in [9.17, 15) is 9.59 Å². The molecule has 0 aliphatic heterocycles. The Balaban J connectivity index is 2.03. The highest BCUT2D eigenvalue weighted by molar-refractivity contribution is 6.04. The fourth-order valence-corrected chi connectivity index (χ4v) is 2.04. The minimum atomic E-state index is -1.04. The van der Waals surface area contributed by atoms with Gasteiger partial charge >= 0.3 is 5.97 Å². The van der Waals surface area contributed by atoms with E-state index in [1.807, 2.05) is 13.8 Å². The predicted octanol–water partition coefficient (Wildman–Crippen LogP) is 2.32. The first kappa shape index (κ1) is 16.5. The molecule has 0 saturated heterocycles. The van der Waals surface area contributed by atoms with E-state index in [0.717, 1.165) is 18.5 Å². The zero-order valence-corrected chi connectivity index (χ0v) is 13.1. The van der Waals surface area contributed by atoms with E-state index < -0.39 is 12.6 Å². The highest BCUT2D eigenvalue weighted by atomic mass is 16.5. The molecule has 1 aromatic carbocycles. The van der Waals surface area contributed by atoms with Gasteiger partial charge in [-0.3, -0.25) is 9.48 Å². The van der Waals surface area contributed by atoms with Crippen LogP contribution in [0.5, 0.6) is 5.75 Å². The molecule has 7 heteroatoms. The summed E-state index contributed by atoms with van der Waals surface area (Å²) in [6.45, 7) is 4.21. The summed E-state index contributed by atoms with van der Waals surface area (Å²) in [4.78, 5) is 22.7. The molecule has 2 N–H and O–H groups in total. The molecule has 0 aliphatic rings. The van der Waals surface area contributed by atoms with Crippen molar-refractivity contribution >= 4 is 17.6 Å². The Morgan fingerprint density at radius 2 is 2.17 bits per heavy atom. The Labute approximate surface area is 133 Å². The lowest BCUT2D eigenvalue weighted by molar-refractivity contribution is -0.139. The summed E-state index contributed by atoms with van der Waals surface area (Å²) in [7, 11) is 0. The van der Waals surface area contributed by atoms with Crippen molar-refractivity contribution < 1.29 is 19.4 Å². The molecule has 0 unspecified atom stereocenters. The topological polar surface area (TPSA) is 93.5 Å². The van der Waals surface area contributed by atoms with E-state index in [-0.39, 0.29) is 5.91 Å². The minimum absolute atomic E-state index is 0.241. The van der Waals surface area contributed by atoms with Crippen LogP contribution in [0, 0.1) is 6.92 Å². The summed E-state index contributed by atoms with van der Waals surface area (Å²) in [5.41, 5.74) is 1.91. The average molecular weight is 317 g/mol. The van der Waals surface area contributed by atoms with E-state index >= 15 is 0 Å². The number of ether oxygens (including phenoxy) is 1. The summed E-state index contributed by atoms with van der Waals surface area (Å²) in [6.07, 6.45) is 4.18. The number of benzene rings is 1. The van der Waals surface area contributed by atoms with Crippen molar-refractivity contribution in [3.63, 3.8) is 0 Å². The van der Waals surface area contributed by atoms with Crippen LogP contribution in [0.4, 0.5) is 5.69 Å². The smallest absolute Gasteiger partial charge is 0.341 e. The first-order valence-electron chi connectivity index (χ1n) is 7.28. The van der Waals surface area contributed by atoms with Gasteiger partial charge in [0.25, 0.3) is 5.91 Å². The van der Waals surface area contributed by atoms with Crippen LogP contribution in [0.15, 0.2) is 30.6 Å². The largest absolute Gasteiger partial charge is 0.482 e. The van der Waals surface area contributed by atoms with Crippen molar-refractivity contribution in [3.05, 3.63) is 41.7 Å². The highest BCUT2D eigenvalue weighted by Crippen LogP contribution is 2.22. The zero-order valence-electron chi connectivity index (χ0n) is 13.1. The number of carboxylic acids is 1. The minimum Gasteiger partial charge on any atom is -0.482 e. The first-order valence-corrected chi connectivity index (χ1v) is 7.28. The monoisotopic (exact) mass is 317 g/mol. The van der Waals surface area contributed by atoms with Crippen LogP contribution in [0.2, 0.25) is 0 Å². The van der Waals surface area contributed by atoms with Gasteiger partial charge in [0.2, 0.25) is 0 Å². The lowest BCUT2D eigenvalue weighted by Crippen LogP contribution is -2.13. The number of carbonyl (C=O) groups is 2. The number of hydrogen-bond acceptors (Lipinski definition) is 4. The standard InChI is InChI=1S/C16H19N3O4/c1-3-6-19-9-12(8-17-19)16(22)18-14-5-4-13(7-11(14)2)23-10-15(20)21/h4-5,7-9H,3,6,10H2,1-2H3,(H,18,22)(H,20,21). The molecule has 0 fully saturated rings. The second kappa shape index (κ2) is 7.44. The molecule has 23 heavy (non-hydrogen) atoms. The van der Waals surface area contributed by atoms with Gasteiger partial charge in [-0.05, 0) is 37.1 Å². The van der Waals surface area contributed by atoms with Crippen molar-refractivity contribution in [2.45, 2.75) is 26.8 Å². The molecule has 2 aromatic rings. The average Bonchev–Trinajstić information content (AvgIpc) is 2.96. The third-order valence-electron chi connectivity index (χ3n) is 3.16. The molecule has 0 atom stereocenters. The van der Waals surface area contributed by atoms with Crippen molar-refractivity contribution in [1.82, 2.24) is 9.78 Å². The third kappa shape index (κ3) is 4.57. The van der Waals surface area contributed by atoms with Crippen LogP contribution in [0.3, 0.4) is 0 Å². The summed E-state index contributed by atoms with van der Waals surface area (Å²) < 4.78 is 6.82. The van der Waals surface area contributed by atoms with Gasteiger partial charge in [-0.25, -0.2) is 4.79 Å². The van der Waals surface area contributed by atoms with Crippen LogP contribution in [-0.4, -0.2) is 33.4 Å². The van der Waals surface area contributed by atoms with Gasteiger partial charge in [-0.15, -0.1) is 0 Å². The third-order valence-corrected chi connectivity index (χ3v) is 3.16. The molecule has 0 saturated carbocycles. The van der Waals surface area contributed by atoms with Crippen molar-refractivity contribution in [2.24, 2.45) is 0 Å². The van der Waals surface area contributed by atoms with E-state index in [2.05, 4.69) is 10.4 Å². The molecule has 1 heterocycles. The van der Waals surface area contributed by atoms with Crippen LogP contribution < -0.4 is 10.1 Å². The van der Waals surface area contributed by atoms with Gasteiger partial charge in [0.15, 0.2) is 6.61 Å². The van der Waals surface area contributed by atoms with E-state index in [4.69, 9.17) is 9.84 Å². The molecule has 0 aliphatic carbocycles. The number of aryl methyl sites for hydroxylation is 2. The molecule has 1 aromatic heterocycles. The van der Waals surface area contributed by atoms with Crippen LogP contribution >= 0.6 is 0 Å². The van der Waals surface area contributed by atoms with Gasteiger partial charge < -0.3 is 15.2 Å². The van der Waals surface area contributed by atoms with Crippen molar-refractivity contribution in [3.8, 4) is 5.75 Å². The normalized spacial score (nSPS) is 10.3. The van der Waals surface area contributed by atoms with Crippen LogP contribution in [-0.2, 0) is 11.3 Å². The molecule has 7 nitrogen and oxygen atoms in total. The number of carbonyl (C=O) groups excluding carboxylic acids is 1. The Bertz CT molecular complexity index is 709. The number of amides is 1. The number of rotatable bonds is 7. The second-order valence-corrected chi connectivity index (χ2v) is 5.11. The maximum absolute atomic E-state index is 12.2. The number of nitrogens with zero attached hydrogens (tertiary/aromatic N) is 2. The fourth-order valence-electron chi connectivity index (χ4n) is 2.04. The lowest BCUT2D eigenvalue weighted by atomic mass is 10.2. The summed E-state index contributed by atoms with van der Waals surface area (Å²) >= 11 is 0. The predicted molar refractivity (Wildman–Crippen MR) is 84.8 cm³/mol. The number of carboxylic acid groups (broad SMARTS) is 1. The molecule has 0 bridgehead atoms. The second-order valence-electron chi connectivity index (χ2n) is 5.11. The van der Waals surface area contributed by atoms with Gasteiger partial charge in [0, 0.05) is 18.4 Å². The molecular weight excluding hydrogens is 298 g/mol. The van der Waals surface area contributed by atoms with Gasteiger partial charge in [0.05, 0.1) is 11.8 Å². The molecule has 2 rings (SSSR count). The maximum atomic E-state index is 12.2. The summed E-state index contributed by atoms with van der Waals surface area (Å²) in [5, 5.41) is 15.5. The number of aromatic nitrogens is 2. The number of hydrogen-bond donors (Lipinski definition) is 2. The van der Waals surface area contributed by atoms with Gasteiger partial charge in [-0.2, -0.15) is 5.10 Å². The number of nitrogens with one attached hydrogen (secondary N) is 1. The van der Waals surface area contributed by atoms with Crippen LogP contribution in [0.1, 0.15) is 29.3 Å². The molecule has 122 valence electrons. The van der Waals surface area contributed by atoms with Crippen molar-refractivity contribution in [1.29, 1.82) is 0 Å². The first-order chi connectivity index (χ1) is 11.0. The Kier molecular flexibility index (Phi) is 5.35. The molecule has 1 amide bonds. The van der Waals surface area contributed by atoms with Gasteiger partial charge in [0.1, 0.15) is 5.75 Å². The Hall–Kier alpha value is -2.83. The molecule has 0 radical (unpaired) electrons.